The third-order valence-corrected chi connectivity index (χ3v) is 3.50. The summed E-state index contributed by atoms with van der Waals surface area (Å²) in [6.45, 7) is 2.01. The standard InChI is InChI=1S/C19H25N3O3.HI/c1-20-19(21-12-13-23-2)22-14-15-8-10-16(11-9-15)25-18-7-5-4-6-17(18)24-3;/h4-11H,12-14H2,1-3H3,(H2,20,21,22);1H. The fraction of sp³-hybridized carbons (Fsp3) is 0.316. The van der Waals surface area contributed by atoms with Crippen LogP contribution in [-0.4, -0.2) is 40.4 Å². The topological polar surface area (TPSA) is 64.1 Å². The summed E-state index contributed by atoms with van der Waals surface area (Å²) < 4.78 is 16.2. The van der Waals surface area contributed by atoms with Gasteiger partial charge in [0.1, 0.15) is 5.75 Å². The second-order valence-corrected chi connectivity index (χ2v) is 5.24. The van der Waals surface area contributed by atoms with Crippen LogP contribution in [0.5, 0.6) is 17.2 Å². The largest absolute Gasteiger partial charge is 0.493 e. The van der Waals surface area contributed by atoms with Crippen LogP contribution in [0.15, 0.2) is 53.5 Å². The van der Waals surface area contributed by atoms with Crippen molar-refractivity contribution in [2.45, 2.75) is 6.54 Å². The first-order valence-corrected chi connectivity index (χ1v) is 8.10. The molecule has 0 radical (unpaired) electrons. The van der Waals surface area contributed by atoms with Crippen molar-refractivity contribution in [3.63, 3.8) is 0 Å². The molecular formula is C19H26IN3O3. The van der Waals surface area contributed by atoms with E-state index in [4.69, 9.17) is 14.2 Å². The van der Waals surface area contributed by atoms with E-state index in [-0.39, 0.29) is 24.0 Å². The van der Waals surface area contributed by atoms with Gasteiger partial charge in [-0.05, 0) is 29.8 Å². The van der Waals surface area contributed by atoms with E-state index in [9.17, 15) is 0 Å². The summed E-state index contributed by atoms with van der Waals surface area (Å²) in [6.07, 6.45) is 0. The number of ether oxygens (including phenoxy) is 3. The Hall–Kier alpha value is -2.00. The Labute approximate surface area is 172 Å². The first-order chi connectivity index (χ1) is 12.3. The van der Waals surface area contributed by atoms with Crippen molar-refractivity contribution >= 4 is 29.9 Å². The first-order valence-electron chi connectivity index (χ1n) is 8.10. The highest BCUT2D eigenvalue weighted by molar-refractivity contribution is 14.0. The number of hydrogen-bond acceptors (Lipinski definition) is 4. The first kappa shape index (κ1) is 22.0. The zero-order valence-corrected chi connectivity index (χ0v) is 17.7. The molecule has 0 aliphatic heterocycles. The molecule has 2 N–H and O–H groups in total. The molecule has 0 saturated heterocycles. The summed E-state index contributed by atoms with van der Waals surface area (Å²) >= 11 is 0. The molecule has 0 atom stereocenters. The van der Waals surface area contributed by atoms with Crippen LogP contribution in [0.2, 0.25) is 0 Å². The molecule has 0 aliphatic carbocycles. The van der Waals surface area contributed by atoms with Gasteiger partial charge in [-0.1, -0.05) is 24.3 Å². The summed E-state index contributed by atoms with van der Waals surface area (Å²) in [5, 5.41) is 6.43. The van der Waals surface area contributed by atoms with Crippen molar-refractivity contribution in [2.24, 2.45) is 4.99 Å². The minimum absolute atomic E-state index is 0. The smallest absolute Gasteiger partial charge is 0.191 e. The maximum Gasteiger partial charge on any atom is 0.191 e. The molecule has 0 aromatic heterocycles. The number of rotatable bonds is 8. The molecule has 2 aromatic carbocycles. The lowest BCUT2D eigenvalue weighted by molar-refractivity contribution is 0.203. The lowest BCUT2D eigenvalue weighted by Gasteiger charge is -2.12. The van der Waals surface area contributed by atoms with Crippen LogP contribution in [0.3, 0.4) is 0 Å². The van der Waals surface area contributed by atoms with Crippen molar-refractivity contribution in [2.75, 3.05) is 34.4 Å². The number of guanidine groups is 1. The van der Waals surface area contributed by atoms with Crippen LogP contribution in [0, 0.1) is 0 Å². The Bertz CT molecular complexity index is 678. The maximum atomic E-state index is 5.87. The SMILES string of the molecule is CN=C(NCCOC)NCc1ccc(Oc2ccccc2OC)cc1.I. The van der Waals surface area contributed by atoms with Crippen LogP contribution in [0.25, 0.3) is 0 Å². The molecule has 0 aliphatic rings. The monoisotopic (exact) mass is 471 g/mol. The van der Waals surface area contributed by atoms with Gasteiger partial charge < -0.3 is 24.8 Å². The Kier molecular flexibility index (Phi) is 10.5. The zero-order valence-electron chi connectivity index (χ0n) is 15.3. The molecule has 142 valence electrons. The number of halogens is 1. The van der Waals surface area contributed by atoms with Gasteiger partial charge >= 0.3 is 0 Å². The molecule has 0 spiro atoms. The number of para-hydroxylation sites is 2. The number of benzene rings is 2. The van der Waals surface area contributed by atoms with Crippen LogP contribution < -0.4 is 20.1 Å². The highest BCUT2D eigenvalue weighted by Crippen LogP contribution is 2.30. The highest BCUT2D eigenvalue weighted by Gasteiger charge is 2.04. The molecule has 0 saturated carbocycles. The summed E-state index contributed by atoms with van der Waals surface area (Å²) in [4.78, 5) is 4.17. The Morgan fingerprint density at radius 3 is 2.27 bits per heavy atom. The summed E-state index contributed by atoms with van der Waals surface area (Å²) in [7, 11) is 5.04. The molecule has 2 aromatic rings. The van der Waals surface area contributed by atoms with E-state index in [0.717, 1.165) is 17.3 Å². The van der Waals surface area contributed by atoms with E-state index in [0.29, 0.717) is 31.2 Å². The van der Waals surface area contributed by atoms with Gasteiger partial charge in [-0.25, -0.2) is 0 Å². The van der Waals surface area contributed by atoms with Crippen molar-refractivity contribution in [1.82, 2.24) is 10.6 Å². The van der Waals surface area contributed by atoms with Crippen molar-refractivity contribution in [3.05, 3.63) is 54.1 Å². The highest BCUT2D eigenvalue weighted by atomic mass is 127. The quantitative estimate of drug-likeness (QED) is 0.268. The summed E-state index contributed by atoms with van der Waals surface area (Å²) in [5.74, 6) is 2.90. The molecule has 6 nitrogen and oxygen atoms in total. The summed E-state index contributed by atoms with van der Waals surface area (Å²) in [6, 6.07) is 15.5. The van der Waals surface area contributed by atoms with Gasteiger partial charge in [-0.2, -0.15) is 0 Å². The number of aliphatic imine (C=N–C) groups is 1. The third kappa shape index (κ3) is 7.09. The lowest BCUT2D eigenvalue weighted by Crippen LogP contribution is -2.38. The molecule has 0 amide bonds. The predicted molar refractivity (Wildman–Crippen MR) is 115 cm³/mol. The molecule has 26 heavy (non-hydrogen) atoms. The molecular weight excluding hydrogens is 445 g/mol. The minimum atomic E-state index is 0. The molecule has 0 heterocycles. The molecule has 2 rings (SSSR count). The van der Waals surface area contributed by atoms with Gasteiger partial charge in [0.25, 0.3) is 0 Å². The fourth-order valence-corrected chi connectivity index (χ4v) is 2.18. The zero-order chi connectivity index (χ0) is 17.9. The number of methoxy groups -OCH3 is 2. The average molecular weight is 471 g/mol. The number of nitrogens with zero attached hydrogens (tertiary/aromatic N) is 1. The third-order valence-electron chi connectivity index (χ3n) is 3.50. The molecule has 7 heteroatoms. The summed E-state index contributed by atoms with van der Waals surface area (Å²) in [5.41, 5.74) is 1.13. The Balaban J connectivity index is 0.00000338. The van der Waals surface area contributed by atoms with Gasteiger partial charge in [-0.15, -0.1) is 24.0 Å². The van der Waals surface area contributed by atoms with Gasteiger partial charge in [0.2, 0.25) is 0 Å². The van der Waals surface area contributed by atoms with E-state index >= 15 is 0 Å². The second-order valence-electron chi connectivity index (χ2n) is 5.24. The van der Waals surface area contributed by atoms with Crippen molar-refractivity contribution < 1.29 is 14.2 Å². The predicted octanol–water partition coefficient (Wildman–Crippen LogP) is 3.42. The van der Waals surface area contributed by atoms with Crippen LogP contribution in [0.1, 0.15) is 5.56 Å². The van der Waals surface area contributed by atoms with E-state index < -0.39 is 0 Å². The fourth-order valence-electron chi connectivity index (χ4n) is 2.18. The van der Waals surface area contributed by atoms with E-state index in [1.54, 1.807) is 21.3 Å². The second kappa shape index (κ2) is 12.4. The maximum absolute atomic E-state index is 5.87. The number of nitrogens with one attached hydrogen (secondary N) is 2. The van der Waals surface area contributed by atoms with Gasteiger partial charge in [0, 0.05) is 27.2 Å². The Morgan fingerprint density at radius 1 is 0.962 bits per heavy atom. The molecule has 0 fully saturated rings. The van der Waals surface area contributed by atoms with E-state index in [2.05, 4.69) is 15.6 Å². The van der Waals surface area contributed by atoms with Gasteiger partial charge in [0.05, 0.1) is 13.7 Å². The average Bonchev–Trinajstić information content (AvgIpc) is 2.66. The van der Waals surface area contributed by atoms with Gasteiger partial charge in [-0.3, -0.25) is 4.99 Å². The Morgan fingerprint density at radius 2 is 1.65 bits per heavy atom. The van der Waals surface area contributed by atoms with Crippen LogP contribution in [-0.2, 0) is 11.3 Å². The van der Waals surface area contributed by atoms with E-state index in [1.807, 2.05) is 48.5 Å². The minimum Gasteiger partial charge on any atom is -0.493 e. The normalized spacial score (nSPS) is 10.7. The molecule has 0 unspecified atom stereocenters. The number of hydrogen-bond donors (Lipinski definition) is 2. The van der Waals surface area contributed by atoms with E-state index in [1.165, 1.54) is 0 Å². The lowest BCUT2D eigenvalue weighted by atomic mass is 10.2. The van der Waals surface area contributed by atoms with Crippen molar-refractivity contribution in [3.8, 4) is 17.2 Å². The van der Waals surface area contributed by atoms with Gasteiger partial charge in [0.15, 0.2) is 17.5 Å². The molecule has 0 bridgehead atoms. The van der Waals surface area contributed by atoms with Crippen LogP contribution >= 0.6 is 24.0 Å². The van der Waals surface area contributed by atoms with Crippen LogP contribution in [0.4, 0.5) is 0 Å². The van der Waals surface area contributed by atoms with Crippen molar-refractivity contribution in [1.29, 1.82) is 0 Å².